The predicted octanol–water partition coefficient (Wildman–Crippen LogP) is 4.47. The van der Waals surface area contributed by atoms with Crippen LogP contribution in [0, 0.1) is 5.92 Å². The third-order valence-corrected chi connectivity index (χ3v) is 3.71. The van der Waals surface area contributed by atoms with E-state index in [1.807, 2.05) is 51.1 Å². The Morgan fingerprint density at radius 2 is 1.50 bits per heavy atom. The highest BCUT2D eigenvalue weighted by molar-refractivity contribution is 5.95. The van der Waals surface area contributed by atoms with Gasteiger partial charge in [0.1, 0.15) is 5.75 Å². The highest BCUT2D eigenvalue weighted by Gasteiger charge is 2.18. The molecule has 5 heteroatoms. The second-order valence-electron chi connectivity index (χ2n) is 6.54. The van der Waals surface area contributed by atoms with Crippen molar-refractivity contribution in [3.05, 3.63) is 54.6 Å². The summed E-state index contributed by atoms with van der Waals surface area (Å²) >= 11 is 0. The molecule has 0 aromatic heterocycles. The van der Waals surface area contributed by atoms with Crippen LogP contribution in [0.25, 0.3) is 0 Å². The normalized spacial score (nSPS) is 11.7. The molecule has 2 rings (SSSR count). The van der Waals surface area contributed by atoms with Crippen LogP contribution in [-0.4, -0.2) is 17.9 Å². The molecule has 1 atom stereocenters. The second-order valence-corrected chi connectivity index (χ2v) is 6.54. The first-order valence-electron chi connectivity index (χ1n) is 8.90. The topological polar surface area (TPSA) is 67.4 Å². The van der Waals surface area contributed by atoms with E-state index in [0.29, 0.717) is 35.9 Å². The average Bonchev–Trinajstić information content (AvgIpc) is 2.61. The van der Waals surface area contributed by atoms with E-state index in [1.54, 1.807) is 24.3 Å². The second kappa shape index (κ2) is 9.61. The molecule has 0 fully saturated rings. The number of anilines is 2. The molecule has 0 saturated carbocycles. The SMILES string of the molecule is CCC(Oc1ccccc1)C(=O)Nc1ccc(NC(=O)CC(C)C)cc1. The summed E-state index contributed by atoms with van der Waals surface area (Å²) in [4.78, 5) is 24.2. The van der Waals surface area contributed by atoms with Crippen LogP contribution in [0.3, 0.4) is 0 Å². The van der Waals surface area contributed by atoms with Crippen molar-refractivity contribution in [2.75, 3.05) is 10.6 Å². The highest BCUT2D eigenvalue weighted by Crippen LogP contribution is 2.17. The van der Waals surface area contributed by atoms with E-state index in [1.165, 1.54) is 0 Å². The Kier molecular flexibility index (Phi) is 7.21. The average molecular weight is 354 g/mol. The zero-order valence-corrected chi connectivity index (χ0v) is 15.5. The lowest BCUT2D eigenvalue weighted by Crippen LogP contribution is -2.32. The summed E-state index contributed by atoms with van der Waals surface area (Å²) in [5, 5.41) is 5.69. The zero-order valence-electron chi connectivity index (χ0n) is 15.5. The van der Waals surface area contributed by atoms with Crippen molar-refractivity contribution in [3.63, 3.8) is 0 Å². The largest absolute Gasteiger partial charge is 0.481 e. The number of carbonyl (C=O) groups is 2. The fourth-order valence-corrected chi connectivity index (χ4v) is 2.43. The van der Waals surface area contributed by atoms with Gasteiger partial charge in [-0.15, -0.1) is 0 Å². The van der Waals surface area contributed by atoms with Crippen LogP contribution in [-0.2, 0) is 9.59 Å². The van der Waals surface area contributed by atoms with Crippen LogP contribution in [0.15, 0.2) is 54.6 Å². The molecule has 0 spiro atoms. The van der Waals surface area contributed by atoms with Crippen LogP contribution in [0.5, 0.6) is 5.75 Å². The maximum atomic E-state index is 12.4. The quantitative estimate of drug-likeness (QED) is 0.735. The molecule has 2 aromatic rings. The van der Waals surface area contributed by atoms with Gasteiger partial charge in [-0.3, -0.25) is 9.59 Å². The van der Waals surface area contributed by atoms with Crippen molar-refractivity contribution in [2.24, 2.45) is 5.92 Å². The number of carbonyl (C=O) groups excluding carboxylic acids is 2. The zero-order chi connectivity index (χ0) is 18.9. The number of benzene rings is 2. The lowest BCUT2D eigenvalue weighted by Gasteiger charge is -2.17. The van der Waals surface area contributed by atoms with Crippen molar-refractivity contribution in [1.29, 1.82) is 0 Å². The fraction of sp³-hybridized carbons (Fsp3) is 0.333. The van der Waals surface area contributed by atoms with Crippen LogP contribution in [0.2, 0.25) is 0 Å². The lowest BCUT2D eigenvalue weighted by atomic mass is 10.1. The highest BCUT2D eigenvalue weighted by atomic mass is 16.5. The van der Waals surface area contributed by atoms with E-state index in [2.05, 4.69) is 10.6 Å². The molecule has 5 nitrogen and oxygen atoms in total. The lowest BCUT2D eigenvalue weighted by molar-refractivity contribution is -0.122. The third-order valence-electron chi connectivity index (χ3n) is 3.71. The van der Waals surface area contributed by atoms with Crippen molar-refractivity contribution in [3.8, 4) is 5.75 Å². The first kappa shape index (κ1) is 19.5. The summed E-state index contributed by atoms with van der Waals surface area (Å²) in [6, 6.07) is 16.3. The van der Waals surface area contributed by atoms with Gasteiger partial charge in [-0.2, -0.15) is 0 Å². The van der Waals surface area contributed by atoms with E-state index < -0.39 is 6.10 Å². The number of ether oxygens (including phenoxy) is 1. The van der Waals surface area contributed by atoms with E-state index in [4.69, 9.17) is 4.74 Å². The molecule has 2 amide bonds. The van der Waals surface area contributed by atoms with Crippen LogP contribution in [0.4, 0.5) is 11.4 Å². The molecule has 0 saturated heterocycles. The van der Waals surface area contributed by atoms with Crippen molar-refractivity contribution >= 4 is 23.2 Å². The molecule has 138 valence electrons. The van der Waals surface area contributed by atoms with Gasteiger partial charge < -0.3 is 15.4 Å². The molecule has 0 radical (unpaired) electrons. The van der Waals surface area contributed by atoms with Gasteiger partial charge in [0.2, 0.25) is 5.91 Å². The Balaban J connectivity index is 1.92. The summed E-state index contributed by atoms with van der Waals surface area (Å²) in [6.07, 6.45) is 0.472. The van der Waals surface area contributed by atoms with Crippen LogP contribution in [0.1, 0.15) is 33.6 Å². The Morgan fingerprint density at radius 3 is 2.04 bits per heavy atom. The molecule has 1 unspecified atom stereocenters. The first-order valence-corrected chi connectivity index (χ1v) is 8.90. The van der Waals surface area contributed by atoms with Crippen LogP contribution < -0.4 is 15.4 Å². The summed E-state index contributed by atoms with van der Waals surface area (Å²) in [7, 11) is 0. The van der Waals surface area contributed by atoms with Gasteiger partial charge in [-0.25, -0.2) is 0 Å². The third kappa shape index (κ3) is 6.24. The van der Waals surface area contributed by atoms with Crippen molar-refractivity contribution in [2.45, 2.75) is 39.7 Å². The number of rotatable bonds is 8. The molecule has 2 aromatic carbocycles. The van der Waals surface area contributed by atoms with Gasteiger partial charge in [0.05, 0.1) is 0 Å². The molecule has 0 aliphatic heterocycles. The van der Waals surface area contributed by atoms with Crippen LogP contribution >= 0.6 is 0 Å². The Labute approximate surface area is 154 Å². The summed E-state index contributed by atoms with van der Waals surface area (Å²) in [6.45, 7) is 5.90. The van der Waals surface area contributed by atoms with E-state index in [-0.39, 0.29) is 11.8 Å². The molecule has 0 heterocycles. The first-order chi connectivity index (χ1) is 12.5. The smallest absolute Gasteiger partial charge is 0.265 e. The van der Waals surface area contributed by atoms with Gasteiger partial charge in [0, 0.05) is 17.8 Å². The molecule has 0 aliphatic carbocycles. The Hall–Kier alpha value is -2.82. The number of hydrogen-bond donors (Lipinski definition) is 2. The van der Waals surface area contributed by atoms with Gasteiger partial charge in [-0.1, -0.05) is 39.0 Å². The Morgan fingerprint density at radius 1 is 0.923 bits per heavy atom. The van der Waals surface area contributed by atoms with E-state index in [9.17, 15) is 9.59 Å². The minimum atomic E-state index is -0.567. The molecule has 26 heavy (non-hydrogen) atoms. The Bertz CT molecular complexity index is 712. The van der Waals surface area contributed by atoms with Gasteiger partial charge >= 0.3 is 0 Å². The molecular weight excluding hydrogens is 328 g/mol. The minimum Gasteiger partial charge on any atom is -0.481 e. The molecule has 2 N–H and O–H groups in total. The van der Waals surface area contributed by atoms with Gasteiger partial charge in [-0.05, 0) is 48.7 Å². The predicted molar refractivity (Wildman–Crippen MR) is 104 cm³/mol. The van der Waals surface area contributed by atoms with Gasteiger partial charge in [0.25, 0.3) is 5.91 Å². The van der Waals surface area contributed by atoms with Crippen molar-refractivity contribution in [1.82, 2.24) is 0 Å². The monoisotopic (exact) mass is 354 g/mol. The minimum absolute atomic E-state index is 0.0147. The maximum absolute atomic E-state index is 12.4. The standard InChI is InChI=1S/C21H26N2O3/c1-4-19(26-18-8-6-5-7-9-18)21(25)23-17-12-10-16(11-13-17)22-20(24)14-15(2)3/h5-13,15,19H,4,14H2,1-3H3,(H,22,24)(H,23,25). The summed E-state index contributed by atoms with van der Waals surface area (Å²) < 4.78 is 5.74. The van der Waals surface area contributed by atoms with E-state index >= 15 is 0 Å². The molecular formula is C21H26N2O3. The van der Waals surface area contributed by atoms with Gasteiger partial charge in [0.15, 0.2) is 6.10 Å². The number of hydrogen-bond acceptors (Lipinski definition) is 3. The summed E-state index contributed by atoms with van der Waals surface area (Å²) in [5.74, 6) is 0.758. The molecule has 0 bridgehead atoms. The van der Waals surface area contributed by atoms with E-state index in [0.717, 1.165) is 0 Å². The summed E-state index contributed by atoms with van der Waals surface area (Å²) in [5.41, 5.74) is 1.37. The maximum Gasteiger partial charge on any atom is 0.265 e. The van der Waals surface area contributed by atoms with Crippen molar-refractivity contribution < 1.29 is 14.3 Å². The number of amides is 2. The number of nitrogens with one attached hydrogen (secondary N) is 2. The number of para-hydroxylation sites is 1. The molecule has 0 aliphatic rings. The fourth-order valence-electron chi connectivity index (χ4n) is 2.43.